The lowest BCUT2D eigenvalue weighted by Crippen LogP contribution is -2.07. The number of carbonyl (C=O) groups is 1. The Balaban J connectivity index is 3.24. The van der Waals surface area contributed by atoms with E-state index in [2.05, 4.69) is 0 Å². The topological polar surface area (TPSA) is 95.5 Å². The van der Waals surface area contributed by atoms with E-state index < -0.39 is 10.9 Å². The summed E-state index contributed by atoms with van der Waals surface area (Å²) in [7, 11) is 0. The number of esters is 1. The van der Waals surface area contributed by atoms with Crippen LogP contribution in [0.15, 0.2) is 12.1 Å². The number of benzene rings is 1. The molecule has 0 aliphatic carbocycles. The van der Waals surface area contributed by atoms with Crippen LogP contribution in [-0.4, -0.2) is 17.5 Å². The lowest BCUT2D eigenvalue weighted by atomic mass is 10.1. The summed E-state index contributed by atoms with van der Waals surface area (Å²) in [6, 6.07) is 2.55. The third-order valence-corrected chi connectivity index (χ3v) is 2.13. The highest BCUT2D eigenvalue weighted by Crippen LogP contribution is 2.25. The van der Waals surface area contributed by atoms with Crippen LogP contribution in [0, 0.1) is 17.0 Å². The Morgan fingerprint density at radius 2 is 2.19 bits per heavy atom. The fourth-order valence-electron chi connectivity index (χ4n) is 1.24. The van der Waals surface area contributed by atoms with Gasteiger partial charge in [-0.3, -0.25) is 10.1 Å². The zero-order chi connectivity index (χ0) is 12.3. The molecule has 0 unspecified atom stereocenters. The van der Waals surface area contributed by atoms with Gasteiger partial charge in [0.05, 0.1) is 17.1 Å². The second-order valence-corrected chi connectivity index (χ2v) is 3.19. The summed E-state index contributed by atoms with van der Waals surface area (Å²) in [6.45, 7) is 3.40. The monoisotopic (exact) mass is 224 g/mol. The second-order valence-electron chi connectivity index (χ2n) is 3.19. The van der Waals surface area contributed by atoms with Crippen LogP contribution in [0.2, 0.25) is 0 Å². The maximum Gasteiger partial charge on any atom is 0.338 e. The van der Waals surface area contributed by atoms with Gasteiger partial charge < -0.3 is 10.5 Å². The average Bonchev–Trinajstić information content (AvgIpc) is 2.21. The van der Waals surface area contributed by atoms with Gasteiger partial charge in [-0.1, -0.05) is 0 Å². The second kappa shape index (κ2) is 4.61. The number of anilines is 1. The predicted molar refractivity (Wildman–Crippen MR) is 58.2 cm³/mol. The van der Waals surface area contributed by atoms with Gasteiger partial charge in [0, 0.05) is 17.3 Å². The molecule has 0 radical (unpaired) electrons. The van der Waals surface area contributed by atoms with E-state index in [1.54, 1.807) is 6.92 Å². The molecule has 0 aromatic heterocycles. The number of rotatable bonds is 3. The SMILES string of the molecule is CCOC(=O)c1cc(N)c(C)c([N+](=O)[O-])c1. The Morgan fingerprint density at radius 3 is 2.69 bits per heavy atom. The Morgan fingerprint density at radius 1 is 1.56 bits per heavy atom. The molecule has 0 amide bonds. The minimum Gasteiger partial charge on any atom is -0.462 e. The van der Waals surface area contributed by atoms with E-state index in [1.165, 1.54) is 19.1 Å². The Bertz CT molecular complexity index is 443. The van der Waals surface area contributed by atoms with Crippen LogP contribution in [0.4, 0.5) is 11.4 Å². The van der Waals surface area contributed by atoms with E-state index in [9.17, 15) is 14.9 Å². The first-order valence-electron chi connectivity index (χ1n) is 4.69. The maximum atomic E-state index is 11.4. The van der Waals surface area contributed by atoms with Gasteiger partial charge in [-0.15, -0.1) is 0 Å². The zero-order valence-electron chi connectivity index (χ0n) is 9.02. The number of ether oxygens (including phenoxy) is 1. The summed E-state index contributed by atoms with van der Waals surface area (Å²) < 4.78 is 4.74. The lowest BCUT2D eigenvalue weighted by Gasteiger charge is -2.05. The zero-order valence-corrected chi connectivity index (χ0v) is 9.02. The maximum absolute atomic E-state index is 11.4. The van der Waals surface area contributed by atoms with E-state index >= 15 is 0 Å². The van der Waals surface area contributed by atoms with Crippen molar-refractivity contribution in [3.8, 4) is 0 Å². The molecule has 16 heavy (non-hydrogen) atoms. The first-order chi connectivity index (χ1) is 7.47. The first kappa shape index (κ1) is 12.0. The van der Waals surface area contributed by atoms with Crippen molar-refractivity contribution in [1.29, 1.82) is 0 Å². The summed E-state index contributed by atoms with van der Waals surface area (Å²) in [5.41, 5.74) is 6.05. The molecule has 2 N–H and O–H groups in total. The molecular formula is C10H12N2O4. The van der Waals surface area contributed by atoms with E-state index in [1.807, 2.05) is 0 Å². The number of nitro groups is 1. The molecule has 6 heteroatoms. The molecule has 6 nitrogen and oxygen atoms in total. The normalized spacial score (nSPS) is 9.88. The molecule has 1 aromatic rings. The number of carbonyl (C=O) groups excluding carboxylic acids is 1. The van der Waals surface area contributed by atoms with Gasteiger partial charge in [0.15, 0.2) is 0 Å². The molecule has 0 bridgehead atoms. The Kier molecular flexibility index (Phi) is 3.44. The average molecular weight is 224 g/mol. The largest absolute Gasteiger partial charge is 0.462 e. The van der Waals surface area contributed by atoms with Gasteiger partial charge in [0.25, 0.3) is 5.69 Å². The summed E-state index contributed by atoms with van der Waals surface area (Å²) in [6.07, 6.45) is 0. The molecular weight excluding hydrogens is 212 g/mol. The van der Waals surface area contributed by atoms with Crippen LogP contribution in [0.3, 0.4) is 0 Å². The molecule has 1 aromatic carbocycles. The number of hydrogen-bond acceptors (Lipinski definition) is 5. The molecule has 0 atom stereocenters. The fraction of sp³-hybridized carbons (Fsp3) is 0.300. The van der Waals surface area contributed by atoms with Crippen LogP contribution in [0.1, 0.15) is 22.8 Å². The van der Waals surface area contributed by atoms with Gasteiger partial charge in [0.1, 0.15) is 0 Å². The number of nitrogen functional groups attached to an aromatic ring is 1. The minimum absolute atomic E-state index is 0.0941. The standard InChI is InChI=1S/C10H12N2O4/c1-3-16-10(13)7-4-8(11)6(2)9(5-7)12(14)15/h4-5H,3,11H2,1-2H3. The van der Waals surface area contributed by atoms with E-state index in [-0.39, 0.29) is 23.5 Å². The highest BCUT2D eigenvalue weighted by atomic mass is 16.6. The van der Waals surface area contributed by atoms with Crippen LogP contribution in [-0.2, 0) is 4.74 Å². The van der Waals surface area contributed by atoms with Gasteiger partial charge in [-0.25, -0.2) is 4.79 Å². The molecule has 0 saturated carbocycles. The van der Waals surface area contributed by atoms with Crippen molar-refractivity contribution >= 4 is 17.3 Å². The molecule has 0 spiro atoms. The molecule has 0 saturated heterocycles. The summed E-state index contributed by atoms with van der Waals surface area (Å²) >= 11 is 0. The van der Waals surface area contributed by atoms with Crippen molar-refractivity contribution in [3.63, 3.8) is 0 Å². The summed E-state index contributed by atoms with van der Waals surface area (Å²) in [4.78, 5) is 21.5. The summed E-state index contributed by atoms with van der Waals surface area (Å²) in [5.74, 6) is -0.614. The molecule has 1 rings (SSSR count). The minimum atomic E-state index is -0.614. The van der Waals surface area contributed by atoms with Crippen molar-refractivity contribution in [2.24, 2.45) is 0 Å². The van der Waals surface area contributed by atoms with E-state index in [0.29, 0.717) is 5.56 Å². The van der Waals surface area contributed by atoms with E-state index in [4.69, 9.17) is 10.5 Å². The van der Waals surface area contributed by atoms with Crippen molar-refractivity contribution in [1.82, 2.24) is 0 Å². The smallest absolute Gasteiger partial charge is 0.338 e. The van der Waals surface area contributed by atoms with Crippen molar-refractivity contribution in [2.45, 2.75) is 13.8 Å². The fourth-order valence-corrected chi connectivity index (χ4v) is 1.24. The van der Waals surface area contributed by atoms with Crippen LogP contribution < -0.4 is 5.73 Å². The van der Waals surface area contributed by atoms with Gasteiger partial charge >= 0.3 is 5.97 Å². The molecule has 0 fully saturated rings. The number of nitro benzene ring substituents is 1. The molecule has 86 valence electrons. The number of nitrogens with two attached hydrogens (primary N) is 1. The van der Waals surface area contributed by atoms with Crippen molar-refractivity contribution < 1.29 is 14.5 Å². The third-order valence-electron chi connectivity index (χ3n) is 2.13. The lowest BCUT2D eigenvalue weighted by molar-refractivity contribution is -0.385. The molecule has 0 heterocycles. The highest BCUT2D eigenvalue weighted by molar-refractivity contribution is 5.92. The van der Waals surface area contributed by atoms with Crippen molar-refractivity contribution in [3.05, 3.63) is 33.4 Å². The predicted octanol–water partition coefficient (Wildman–Crippen LogP) is 1.66. The van der Waals surface area contributed by atoms with Gasteiger partial charge in [-0.05, 0) is 19.9 Å². The number of hydrogen-bond donors (Lipinski definition) is 1. The van der Waals surface area contributed by atoms with Crippen LogP contribution in [0.5, 0.6) is 0 Å². The number of nitrogens with zero attached hydrogens (tertiary/aromatic N) is 1. The quantitative estimate of drug-likeness (QED) is 0.364. The van der Waals surface area contributed by atoms with Gasteiger partial charge in [-0.2, -0.15) is 0 Å². The van der Waals surface area contributed by atoms with Crippen molar-refractivity contribution in [2.75, 3.05) is 12.3 Å². The Labute approximate surface area is 92.2 Å². The van der Waals surface area contributed by atoms with E-state index in [0.717, 1.165) is 0 Å². The summed E-state index contributed by atoms with van der Waals surface area (Å²) in [5, 5.41) is 10.7. The molecule has 0 aliphatic rings. The van der Waals surface area contributed by atoms with Crippen LogP contribution in [0.25, 0.3) is 0 Å². The highest BCUT2D eigenvalue weighted by Gasteiger charge is 2.18. The van der Waals surface area contributed by atoms with Crippen LogP contribution >= 0.6 is 0 Å². The first-order valence-corrected chi connectivity index (χ1v) is 4.69. The molecule has 0 aliphatic heterocycles. The third kappa shape index (κ3) is 2.28. The van der Waals surface area contributed by atoms with Gasteiger partial charge in [0.2, 0.25) is 0 Å². The Hall–Kier alpha value is -2.11.